The quantitative estimate of drug-likeness (QED) is 0.842. The van der Waals surface area contributed by atoms with Gasteiger partial charge < -0.3 is 15.4 Å². The van der Waals surface area contributed by atoms with Crippen LogP contribution in [0, 0.1) is 0 Å². The first-order valence-electron chi connectivity index (χ1n) is 6.98. The van der Waals surface area contributed by atoms with Gasteiger partial charge in [0.05, 0.1) is 23.1 Å². The Hall–Kier alpha value is -1.53. The predicted octanol–water partition coefficient (Wildman–Crippen LogP) is 1.90. The standard InChI is InChI=1S/C15H20N2O3S/c1-21-10-14(18)17-13-7-3-2-6-12(13)15(19)16-9-11-5-4-8-20-11/h2-3,6-7,11H,4-5,8-10H2,1H3,(H,16,19)(H,17,18). The number of carbonyl (C=O) groups excluding carboxylic acids is 2. The molecule has 1 aliphatic rings. The summed E-state index contributed by atoms with van der Waals surface area (Å²) in [5.74, 6) is 0.0683. The van der Waals surface area contributed by atoms with E-state index in [9.17, 15) is 9.59 Å². The van der Waals surface area contributed by atoms with Gasteiger partial charge in [0.2, 0.25) is 5.91 Å². The molecule has 114 valence electrons. The van der Waals surface area contributed by atoms with Gasteiger partial charge in [0.15, 0.2) is 0 Å². The maximum Gasteiger partial charge on any atom is 0.253 e. The van der Waals surface area contributed by atoms with E-state index < -0.39 is 0 Å². The minimum absolute atomic E-state index is 0.104. The normalized spacial score (nSPS) is 17.5. The second kappa shape index (κ2) is 8.05. The van der Waals surface area contributed by atoms with E-state index >= 15 is 0 Å². The third-order valence-corrected chi connectivity index (χ3v) is 3.79. The summed E-state index contributed by atoms with van der Waals surface area (Å²) in [4.78, 5) is 23.9. The third-order valence-electron chi connectivity index (χ3n) is 3.24. The predicted molar refractivity (Wildman–Crippen MR) is 84.8 cm³/mol. The van der Waals surface area contributed by atoms with Gasteiger partial charge in [-0.3, -0.25) is 9.59 Å². The molecule has 2 rings (SSSR count). The van der Waals surface area contributed by atoms with E-state index in [-0.39, 0.29) is 17.9 Å². The summed E-state index contributed by atoms with van der Waals surface area (Å²) < 4.78 is 5.48. The monoisotopic (exact) mass is 308 g/mol. The first kappa shape index (κ1) is 15.9. The zero-order chi connectivity index (χ0) is 15.1. The van der Waals surface area contributed by atoms with E-state index in [0.717, 1.165) is 19.4 Å². The van der Waals surface area contributed by atoms with Crippen LogP contribution >= 0.6 is 11.8 Å². The summed E-state index contributed by atoms with van der Waals surface area (Å²) in [5.41, 5.74) is 1.02. The molecule has 0 radical (unpaired) electrons. The topological polar surface area (TPSA) is 67.4 Å². The van der Waals surface area contributed by atoms with Gasteiger partial charge in [-0.1, -0.05) is 12.1 Å². The second-order valence-electron chi connectivity index (χ2n) is 4.87. The van der Waals surface area contributed by atoms with Crippen molar-refractivity contribution in [2.45, 2.75) is 18.9 Å². The number of carbonyl (C=O) groups is 2. The van der Waals surface area contributed by atoms with E-state index in [2.05, 4.69) is 10.6 Å². The molecule has 0 bridgehead atoms. The van der Waals surface area contributed by atoms with Gasteiger partial charge >= 0.3 is 0 Å². The van der Waals surface area contributed by atoms with Crippen molar-refractivity contribution < 1.29 is 14.3 Å². The Bertz CT molecular complexity index is 501. The minimum atomic E-state index is -0.189. The lowest BCUT2D eigenvalue weighted by atomic mass is 10.1. The number of rotatable bonds is 6. The number of ether oxygens (including phenoxy) is 1. The van der Waals surface area contributed by atoms with E-state index in [4.69, 9.17) is 4.74 Å². The van der Waals surface area contributed by atoms with E-state index in [1.54, 1.807) is 24.3 Å². The van der Waals surface area contributed by atoms with Crippen LogP contribution in [-0.4, -0.2) is 43.1 Å². The zero-order valence-electron chi connectivity index (χ0n) is 12.1. The molecule has 1 aliphatic heterocycles. The fourth-order valence-corrected chi connectivity index (χ4v) is 2.55. The maximum absolute atomic E-state index is 12.2. The number of amides is 2. The molecule has 0 saturated carbocycles. The molecule has 1 fully saturated rings. The highest BCUT2D eigenvalue weighted by Crippen LogP contribution is 2.16. The lowest BCUT2D eigenvalue weighted by Crippen LogP contribution is -2.32. The summed E-state index contributed by atoms with van der Waals surface area (Å²) in [7, 11) is 0. The van der Waals surface area contributed by atoms with Crippen molar-refractivity contribution in [3.05, 3.63) is 29.8 Å². The lowest BCUT2D eigenvalue weighted by molar-refractivity contribution is -0.113. The summed E-state index contributed by atoms with van der Waals surface area (Å²) >= 11 is 1.44. The molecule has 6 heteroatoms. The fourth-order valence-electron chi connectivity index (χ4n) is 2.21. The molecule has 1 atom stereocenters. The zero-order valence-corrected chi connectivity index (χ0v) is 12.9. The van der Waals surface area contributed by atoms with Crippen LogP contribution in [0.3, 0.4) is 0 Å². The molecule has 2 amide bonds. The van der Waals surface area contributed by atoms with Crippen molar-refractivity contribution in [1.29, 1.82) is 0 Å². The molecular formula is C15H20N2O3S. The van der Waals surface area contributed by atoms with Gasteiger partial charge in [0, 0.05) is 13.2 Å². The van der Waals surface area contributed by atoms with Crippen molar-refractivity contribution in [3.63, 3.8) is 0 Å². The molecule has 2 N–H and O–H groups in total. The summed E-state index contributed by atoms with van der Waals surface area (Å²) in [6.07, 6.45) is 3.99. The molecule has 1 saturated heterocycles. The van der Waals surface area contributed by atoms with Crippen LogP contribution in [0.15, 0.2) is 24.3 Å². The lowest BCUT2D eigenvalue weighted by Gasteiger charge is -2.13. The van der Waals surface area contributed by atoms with Crippen molar-refractivity contribution in [2.75, 3.05) is 30.5 Å². The van der Waals surface area contributed by atoms with Gasteiger partial charge in [-0.05, 0) is 31.2 Å². The van der Waals surface area contributed by atoms with Crippen molar-refractivity contribution in [2.24, 2.45) is 0 Å². The SMILES string of the molecule is CSCC(=O)Nc1ccccc1C(=O)NCC1CCCO1. The smallest absolute Gasteiger partial charge is 0.253 e. The van der Waals surface area contributed by atoms with Crippen molar-refractivity contribution >= 4 is 29.3 Å². The number of hydrogen-bond acceptors (Lipinski definition) is 4. The van der Waals surface area contributed by atoms with Crippen LogP contribution in [0.4, 0.5) is 5.69 Å². The van der Waals surface area contributed by atoms with Crippen LogP contribution in [0.1, 0.15) is 23.2 Å². The van der Waals surface area contributed by atoms with Crippen LogP contribution in [0.2, 0.25) is 0 Å². The van der Waals surface area contributed by atoms with Crippen molar-refractivity contribution in [3.8, 4) is 0 Å². The molecule has 21 heavy (non-hydrogen) atoms. The average Bonchev–Trinajstić information content (AvgIpc) is 2.99. The van der Waals surface area contributed by atoms with Crippen LogP contribution in [-0.2, 0) is 9.53 Å². The fraction of sp³-hybridized carbons (Fsp3) is 0.467. The van der Waals surface area contributed by atoms with Gasteiger partial charge in [0.1, 0.15) is 0 Å². The number of para-hydroxylation sites is 1. The summed E-state index contributed by atoms with van der Waals surface area (Å²) in [6.45, 7) is 1.27. The summed E-state index contributed by atoms with van der Waals surface area (Å²) in [6, 6.07) is 7.02. The highest BCUT2D eigenvalue weighted by atomic mass is 32.2. The third kappa shape index (κ3) is 4.75. The van der Waals surface area contributed by atoms with Crippen LogP contribution in [0.25, 0.3) is 0 Å². The Balaban J connectivity index is 1.97. The molecule has 0 aliphatic carbocycles. The molecule has 0 spiro atoms. The molecule has 1 aromatic rings. The number of thioether (sulfide) groups is 1. The van der Waals surface area contributed by atoms with E-state index in [0.29, 0.717) is 23.5 Å². The minimum Gasteiger partial charge on any atom is -0.376 e. The van der Waals surface area contributed by atoms with Gasteiger partial charge in [0.25, 0.3) is 5.91 Å². The molecule has 1 heterocycles. The molecular weight excluding hydrogens is 288 g/mol. The second-order valence-corrected chi connectivity index (χ2v) is 5.74. The first-order valence-corrected chi connectivity index (χ1v) is 8.37. The van der Waals surface area contributed by atoms with Crippen molar-refractivity contribution in [1.82, 2.24) is 5.32 Å². The average molecular weight is 308 g/mol. The molecule has 5 nitrogen and oxygen atoms in total. The summed E-state index contributed by atoms with van der Waals surface area (Å²) in [5, 5.41) is 5.63. The van der Waals surface area contributed by atoms with E-state index in [1.165, 1.54) is 11.8 Å². The number of anilines is 1. The molecule has 1 unspecified atom stereocenters. The van der Waals surface area contributed by atoms with Gasteiger partial charge in [-0.25, -0.2) is 0 Å². The van der Waals surface area contributed by atoms with E-state index in [1.807, 2.05) is 6.26 Å². The first-order chi connectivity index (χ1) is 10.2. The van der Waals surface area contributed by atoms with Gasteiger partial charge in [-0.15, -0.1) is 0 Å². The van der Waals surface area contributed by atoms with Crippen LogP contribution in [0.5, 0.6) is 0 Å². The Morgan fingerprint density at radius 2 is 2.19 bits per heavy atom. The Kier molecular flexibility index (Phi) is 6.07. The van der Waals surface area contributed by atoms with Crippen LogP contribution < -0.4 is 10.6 Å². The number of benzene rings is 1. The number of nitrogens with one attached hydrogen (secondary N) is 2. The molecule has 1 aromatic carbocycles. The highest BCUT2D eigenvalue weighted by Gasteiger charge is 2.18. The number of hydrogen-bond donors (Lipinski definition) is 2. The maximum atomic E-state index is 12.2. The largest absolute Gasteiger partial charge is 0.376 e. The molecule has 0 aromatic heterocycles. The Morgan fingerprint density at radius 1 is 1.38 bits per heavy atom. The Morgan fingerprint density at radius 3 is 2.90 bits per heavy atom. The Labute approximate surface area is 128 Å². The van der Waals surface area contributed by atoms with Gasteiger partial charge in [-0.2, -0.15) is 11.8 Å². The highest BCUT2D eigenvalue weighted by molar-refractivity contribution is 7.99.